The minimum Gasteiger partial charge on any atom is -0.366 e. The molecule has 2 aromatic heterocycles. The predicted molar refractivity (Wildman–Crippen MR) is 97.5 cm³/mol. The Bertz CT molecular complexity index is 774. The highest BCUT2D eigenvalue weighted by Crippen LogP contribution is 2.23. The number of pyridine rings is 1. The molecule has 0 saturated heterocycles. The average Bonchev–Trinajstić information content (AvgIpc) is 2.62. The zero-order chi connectivity index (χ0) is 16.8. The quantitative estimate of drug-likeness (QED) is 0.745. The van der Waals surface area contributed by atoms with Crippen LogP contribution in [0.2, 0.25) is 0 Å². The van der Waals surface area contributed by atoms with Crippen molar-refractivity contribution in [3.63, 3.8) is 0 Å². The van der Waals surface area contributed by atoms with E-state index in [0.717, 1.165) is 29.3 Å². The summed E-state index contributed by atoms with van der Waals surface area (Å²) in [6, 6.07) is 16.1. The molecule has 3 rings (SSSR count). The summed E-state index contributed by atoms with van der Waals surface area (Å²) in [6.07, 6.45) is 3.62. The molecule has 2 heterocycles. The number of para-hydroxylation sites is 1. The van der Waals surface area contributed by atoms with Crippen LogP contribution in [0, 0.1) is 6.92 Å². The van der Waals surface area contributed by atoms with E-state index in [-0.39, 0.29) is 0 Å². The first-order valence-corrected chi connectivity index (χ1v) is 8.07. The largest absolute Gasteiger partial charge is 0.366 e. The molecule has 0 amide bonds. The molecule has 0 atom stereocenters. The Morgan fingerprint density at radius 2 is 1.88 bits per heavy atom. The molecule has 24 heavy (non-hydrogen) atoms. The monoisotopic (exact) mass is 319 g/mol. The van der Waals surface area contributed by atoms with Crippen LogP contribution < -0.4 is 10.2 Å². The van der Waals surface area contributed by atoms with E-state index in [9.17, 15) is 0 Å². The normalized spacial score (nSPS) is 10.4. The Labute approximate surface area is 142 Å². The molecule has 0 aliphatic heterocycles. The summed E-state index contributed by atoms with van der Waals surface area (Å²) in [5.74, 6) is 1.52. The third kappa shape index (κ3) is 3.87. The lowest BCUT2D eigenvalue weighted by atomic mass is 10.3. The van der Waals surface area contributed by atoms with Gasteiger partial charge in [-0.2, -0.15) is 4.98 Å². The standard InChI is InChI=1S/C19H21N5/c1-3-24(17-9-5-4-6-10-17)19-22-15(2)12-18(23-19)21-14-16-8-7-11-20-13-16/h4-13H,3,14H2,1-2H3,(H,21,22,23). The maximum Gasteiger partial charge on any atom is 0.232 e. The molecular weight excluding hydrogens is 298 g/mol. The van der Waals surface area contributed by atoms with Crippen LogP contribution in [-0.4, -0.2) is 21.5 Å². The average molecular weight is 319 g/mol. The van der Waals surface area contributed by atoms with Crippen LogP contribution in [-0.2, 0) is 6.54 Å². The van der Waals surface area contributed by atoms with E-state index in [1.807, 2.05) is 49.5 Å². The lowest BCUT2D eigenvalue weighted by Gasteiger charge is -2.22. The maximum absolute atomic E-state index is 4.68. The van der Waals surface area contributed by atoms with Gasteiger partial charge < -0.3 is 10.2 Å². The molecule has 5 heteroatoms. The molecule has 0 fully saturated rings. The van der Waals surface area contributed by atoms with Crippen LogP contribution in [0.5, 0.6) is 0 Å². The maximum atomic E-state index is 4.68. The molecule has 0 bridgehead atoms. The first kappa shape index (κ1) is 15.9. The van der Waals surface area contributed by atoms with Crippen LogP contribution in [0.25, 0.3) is 0 Å². The number of benzene rings is 1. The molecule has 0 aliphatic rings. The lowest BCUT2D eigenvalue weighted by Crippen LogP contribution is -2.19. The molecule has 1 N–H and O–H groups in total. The summed E-state index contributed by atoms with van der Waals surface area (Å²) in [5, 5.41) is 3.35. The van der Waals surface area contributed by atoms with Crippen molar-refractivity contribution in [3.05, 3.63) is 72.2 Å². The number of anilines is 3. The minimum absolute atomic E-state index is 0.682. The fourth-order valence-corrected chi connectivity index (χ4v) is 2.51. The molecule has 0 unspecified atom stereocenters. The van der Waals surface area contributed by atoms with Gasteiger partial charge in [-0.05, 0) is 37.6 Å². The number of aromatic nitrogens is 3. The van der Waals surface area contributed by atoms with Crippen LogP contribution in [0.1, 0.15) is 18.2 Å². The van der Waals surface area contributed by atoms with E-state index in [2.05, 4.69) is 44.2 Å². The van der Waals surface area contributed by atoms with Crippen molar-refractivity contribution in [2.24, 2.45) is 0 Å². The van der Waals surface area contributed by atoms with Crippen molar-refractivity contribution in [2.45, 2.75) is 20.4 Å². The van der Waals surface area contributed by atoms with Crippen molar-refractivity contribution in [1.29, 1.82) is 0 Å². The van der Waals surface area contributed by atoms with E-state index in [0.29, 0.717) is 12.5 Å². The summed E-state index contributed by atoms with van der Waals surface area (Å²) in [6.45, 7) is 5.57. The zero-order valence-electron chi connectivity index (χ0n) is 14.0. The Morgan fingerprint density at radius 1 is 1.04 bits per heavy atom. The smallest absolute Gasteiger partial charge is 0.232 e. The number of nitrogens with one attached hydrogen (secondary N) is 1. The van der Waals surface area contributed by atoms with E-state index < -0.39 is 0 Å². The fourth-order valence-electron chi connectivity index (χ4n) is 2.51. The van der Waals surface area contributed by atoms with Crippen LogP contribution in [0.3, 0.4) is 0 Å². The molecule has 5 nitrogen and oxygen atoms in total. The predicted octanol–water partition coefficient (Wildman–Crippen LogP) is 3.95. The van der Waals surface area contributed by atoms with Gasteiger partial charge in [-0.1, -0.05) is 24.3 Å². The van der Waals surface area contributed by atoms with E-state index in [4.69, 9.17) is 0 Å². The van der Waals surface area contributed by atoms with Gasteiger partial charge in [0.15, 0.2) is 0 Å². The van der Waals surface area contributed by atoms with Gasteiger partial charge >= 0.3 is 0 Å². The van der Waals surface area contributed by atoms with E-state index >= 15 is 0 Å². The highest BCUT2D eigenvalue weighted by atomic mass is 15.3. The Kier molecular flexibility index (Phi) is 5.01. The first-order chi connectivity index (χ1) is 11.8. The Balaban J connectivity index is 1.83. The number of nitrogens with zero attached hydrogens (tertiary/aromatic N) is 4. The van der Waals surface area contributed by atoms with Crippen molar-refractivity contribution in [2.75, 3.05) is 16.8 Å². The van der Waals surface area contributed by atoms with Gasteiger partial charge in [-0.3, -0.25) is 4.98 Å². The molecule has 122 valence electrons. The number of rotatable bonds is 6. The van der Waals surface area contributed by atoms with Gasteiger partial charge in [-0.15, -0.1) is 0 Å². The van der Waals surface area contributed by atoms with Gasteiger partial charge in [0, 0.05) is 42.9 Å². The molecule has 0 radical (unpaired) electrons. The van der Waals surface area contributed by atoms with Crippen molar-refractivity contribution < 1.29 is 0 Å². The Morgan fingerprint density at radius 3 is 2.58 bits per heavy atom. The zero-order valence-corrected chi connectivity index (χ0v) is 14.0. The number of aryl methyl sites for hydroxylation is 1. The second kappa shape index (κ2) is 7.55. The van der Waals surface area contributed by atoms with Crippen LogP contribution >= 0.6 is 0 Å². The van der Waals surface area contributed by atoms with Crippen molar-refractivity contribution >= 4 is 17.5 Å². The Hall–Kier alpha value is -2.95. The van der Waals surface area contributed by atoms with Gasteiger partial charge in [-0.25, -0.2) is 4.98 Å². The van der Waals surface area contributed by atoms with Crippen molar-refractivity contribution in [1.82, 2.24) is 15.0 Å². The summed E-state index contributed by atoms with van der Waals surface area (Å²) < 4.78 is 0. The molecule has 3 aromatic rings. The van der Waals surface area contributed by atoms with Gasteiger partial charge in [0.2, 0.25) is 5.95 Å². The topological polar surface area (TPSA) is 53.9 Å². The van der Waals surface area contributed by atoms with Gasteiger partial charge in [0.1, 0.15) is 5.82 Å². The summed E-state index contributed by atoms with van der Waals surface area (Å²) in [4.78, 5) is 15.5. The number of hydrogen-bond donors (Lipinski definition) is 1. The third-order valence-corrected chi connectivity index (χ3v) is 3.66. The van der Waals surface area contributed by atoms with Crippen LogP contribution in [0.4, 0.5) is 17.5 Å². The second-order valence-electron chi connectivity index (χ2n) is 5.49. The molecular formula is C19H21N5. The van der Waals surface area contributed by atoms with Gasteiger partial charge in [0.25, 0.3) is 0 Å². The number of hydrogen-bond acceptors (Lipinski definition) is 5. The van der Waals surface area contributed by atoms with Gasteiger partial charge in [0.05, 0.1) is 0 Å². The third-order valence-electron chi connectivity index (χ3n) is 3.66. The highest BCUT2D eigenvalue weighted by molar-refractivity contribution is 5.58. The lowest BCUT2D eigenvalue weighted by molar-refractivity contribution is 0.929. The molecule has 0 aliphatic carbocycles. The summed E-state index contributed by atoms with van der Waals surface area (Å²) in [7, 11) is 0. The second-order valence-corrected chi connectivity index (χ2v) is 5.49. The minimum atomic E-state index is 0.682. The highest BCUT2D eigenvalue weighted by Gasteiger charge is 2.11. The molecule has 0 spiro atoms. The summed E-state index contributed by atoms with van der Waals surface area (Å²) >= 11 is 0. The molecule has 1 aromatic carbocycles. The summed E-state index contributed by atoms with van der Waals surface area (Å²) in [5.41, 5.74) is 3.14. The van der Waals surface area contributed by atoms with E-state index in [1.54, 1.807) is 6.20 Å². The first-order valence-electron chi connectivity index (χ1n) is 8.07. The van der Waals surface area contributed by atoms with E-state index in [1.165, 1.54) is 0 Å². The fraction of sp³-hybridized carbons (Fsp3) is 0.211. The van der Waals surface area contributed by atoms with Crippen molar-refractivity contribution in [3.8, 4) is 0 Å². The van der Waals surface area contributed by atoms with Crippen LogP contribution in [0.15, 0.2) is 60.9 Å². The SMILES string of the molecule is CCN(c1ccccc1)c1nc(C)cc(NCc2cccnc2)n1. The molecule has 0 saturated carbocycles.